The molecule has 0 bridgehead atoms. The van der Waals surface area contributed by atoms with Crippen LogP contribution in [0.15, 0.2) is 36.4 Å². The maximum Gasteiger partial charge on any atom is 0.410 e. The van der Waals surface area contributed by atoms with E-state index in [1.165, 1.54) is 24.3 Å². The minimum Gasteiger partial charge on any atom is -0.444 e. The SMILES string of the molecule is CC(C)(C)OC(=O)N1C[C@H]2CNC(=O)c3cc(-c4c(F)cccc4F)ccc3[C@@H]2C1. The van der Waals surface area contributed by atoms with Gasteiger partial charge in [-0.25, -0.2) is 13.6 Å². The molecule has 4 rings (SSSR count). The highest BCUT2D eigenvalue weighted by Crippen LogP contribution is 2.38. The Morgan fingerprint density at radius 1 is 1.13 bits per heavy atom. The van der Waals surface area contributed by atoms with Crippen LogP contribution >= 0.6 is 0 Å². The number of carbonyl (C=O) groups excluding carboxylic acids is 2. The highest BCUT2D eigenvalue weighted by atomic mass is 19.1. The Balaban J connectivity index is 1.68. The fourth-order valence-electron chi connectivity index (χ4n) is 4.23. The number of amides is 2. The van der Waals surface area contributed by atoms with Crippen molar-refractivity contribution in [2.24, 2.45) is 5.92 Å². The van der Waals surface area contributed by atoms with Crippen LogP contribution in [0.25, 0.3) is 11.1 Å². The lowest BCUT2D eigenvalue weighted by Crippen LogP contribution is -2.36. The van der Waals surface area contributed by atoms with Crippen LogP contribution in [0.3, 0.4) is 0 Å². The van der Waals surface area contributed by atoms with Crippen molar-refractivity contribution in [3.63, 3.8) is 0 Å². The second-order valence-corrected chi connectivity index (χ2v) is 8.86. The maximum absolute atomic E-state index is 14.2. The van der Waals surface area contributed by atoms with E-state index in [0.717, 1.165) is 5.56 Å². The van der Waals surface area contributed by atoms with Gasteiger partial charge < -0.3 is 15.0 Å². The third-order valence-electron chi connectivity index (χ3n) is 5.57. The minimum atomic E-state index is -0.682. The summed E-state index contributed by atoms with van der Waals surface area (Å²) in [5, 5.41) is 2.88. The van der Waals surface area contributed by atoms with Crippen molar-refractivity contribution < 1.29 is 23.1 Å². The third-order valence-corrected chi connectivity index (χ3v) is 5.57. The predicted molar refractivity (Wildman–Crippen MR) is 108 cm³/mol. The third kappa shape index (κ3) is 3.76. The molecule has 1 N–H and O–H groups in total. The lowest BCUT2D eigenvalue weighted by molar-refractivity contribution is 0.0287. The van der Waals surface area contributed by atoms with Gasteiger partial charge in [0, 0.05) is 37.0 Å². The fourth-order valence-corrected chi connectivity index (χ4v) is 4.23. The van der Waals surface area contributed by atoms with Crippen LogP contribution in [0, 0.1) is 17.6 Å². The molecule has 2 aromatic carbocycles. The van der Waals surface area contributed by atoms with Crippen LogP contribution in [0.5, 0.6) is 0 Å². The van der Waals surface area contributed by atoms with Gasteiger partial charge in [-0.15, -0.1) is 0 Å². The summed E-state index contributed by atoms with van der Waals surface area (Å²) in [6.45, 7) is 6.77. The fraction of sp³-hybridized carbons (Fsp3) is 0.391. The van der Waals surface area contributed by atoms with Crippen molar-refractivity contribution in [3.8, 4) is 11.1 Å². The van der Waals surface area contributed by atoms with Gasteiger partial charge in [0.15, 0.2) is 0 Å². The van der Waals surface area contributed by atoms with Gasteiger partial charge in [-0.2, -0.15) is 0 Å². The Morgan fingerprint density at radius 2 is 1.83 bits per heavy atom. The number of benzene rings is 2. The van der Waals surface area contributed by atoms with E-state index >= 15 is 0 Å². The van der Waals surface area contributed by atoms with E-state index in [9.17, 15) is 18.4 Å². The Kier molecular flexibility index (Phi) is 5.00. The number of likely N-dealkylation sites (tertiary alicyclic amines) is 1. The van der Waals surface area contributed by atoms with Crippen molar-refractivity contribution >= 4 is 12.0 Å². The molecule has 0 spiro atoms. The van der Waals surface area contributed by atoms with Gasteiger partial charge in [0.25, 0.3) is 5.91 Å². The molecule has 1 fully saturated rings. The first-order chi connectivity index (χ1) is 14.1. The van der Waals surface area contributed by atoms with Gasteiger partial charge in [0.05, 0.1) is 5.56 Å². The molecule has 2 aliphatic rings. The van der Waals surface area contributed by atoms with Crippen LogP contribution in [0.1, 0.15) is 42.6 Å². The molecule has 158 valence electrons. The summed E-state index contributed by atoms with van der Waals surface area (Å²) in [5.74, 6) is -1.66. The molecule has 0 aliphatic carbocycles. The predicted octanol–water partition coefficient (Wildman–Crippen LogP) is 4.33. The molecule has 0 radical (unpaired) electrons. The van der Waals surface area contributed by atoms with Gasteiger partial charge in [0.1, 0.15) is 17.2 Å². The van der Waals surface area contributed by atoms with E-state index in [4.69, 9.17) is 4.74 Å². The summed E-state index contributed by atoms with van der Waals surface area (Å²) >= 11 is 0. The standard InChI is InChI=1S/C23H24F2N2O3/c1-23(2,3)30-22(29)27-11-14-10-26-21(28)16-9-13(7-8-15(16)17(14)12-27)20-18(24)5-4-6-19(20)25/h4-9,14,17H,10-12H2,1-3H3,(H,26,28)/t14-,17-/m1/s1. The number of nitrogens with one attached hydrogen (secondary N) is 1. The zero-order chi connectivity index (χ0) is 21.6. The molecule has 5 nitrogen and oxygen atoms in total. The summed E-state index contributed by atoms with van der Waals surface area (Å²) in [6, 6.07) is 8.60. The first-order valence-corrected chi connectivity index (χ1v) is 9.98. The minimum absolute atomic E-state index is 0.0405. The second kappa shape index (κ2) is 7.38. The van der Waals surface area contributed by atoms with E-state index in [2.05, 4.69) is 5.32 Å². The average molecular weight is 414 g/mol. The number of halogens is 2. The number of carbonyl (C=O) groups is 2. The summed E-state index contributed by atoms with van der Waals surface area (Å²) in [4.78, 5) is 26.9. The highest BCUT2D eigenvalue weighted by Gasteiger charge is 2.41. The van der Waals surface area contributed by atoms with Crippen LogP contribution < -0.4 is 5.32 Å². The van der Waals surface area contributed by atoms with Crippen LogP contribution in [0.2, 0.25) is 0 Å². The summed E-state index contributed by atoms with van der Waals surface area (Å²) < 4.78 is 34.0. The van der Waals surface area contributed by atoms with Gasteiger partial charge in [-0.05, 0) is 50.1 Å². The molecule has 2 heterocycles. The molecule has 30 heavy (non-hydrogen) atoms. The maximum atomic E-state index is 14.2. The Morgan fingerprint density at radius 3 is 2.50 bits per heavy atom. The molecular formula is C23H24F2N2O3. The van der Waals surface area contributed by atoms with Crippen molar-refractivity contribution in [1.29, 1.82) is 0 Å². The summed E-state index contributed by atoms with van der Waals surface area (Å²) in [7, 11) is 0. The van der Waals surface area contributed by atoms with Crippen LogP contribution in [0.4, 0.5) is 13.6 Å². The first kappa shape index (κ1) is 20.3. The molecular weight excluding hydrogens is 390 g/mol. The summed E-state index contributed by atoms with van der Waals surface area (Å²) in [5.41, 5.74) is 0.720. The largest absolute Gasteiger partial charge is 0.444 e. The molecule has 0 saturated carbocycles. The normalized spacial score (nSPS) is 20.8. The van der Waals surface area contributed by atoms with Gasteiger partial charge >= 0.3 is 6.09 Å². The zero-order valence-corrected chi connectivity index (χ0v) is 17.2. The van der Waals surface area contributed by atoms with E-state index in [1.807, 2.05) is 20.8 Å². The van der Waals surface area contributed by atoms with E-state index in [1.54, 1.807) is 17.0 Å². The molecule has 0 unspecified atom stereocenters. The van der Waals surface area contributed by atoms with E-state index in [-0.39, 0.29) is 29.4 Å². The highest BCUT2D eigenvalue weighted by molar-refractivity contribution is 5.97. The topological polar surface area (TPSA) is 58.6 Å². The quantitative estimate of drug-likeness (QED) is 0.756. The van der Waals surface area contributed by atoms with Gasteiger partial charge in [0.2, 0.25) is 0 Å². The van der Waals surface area contributed by atoms with Gasteiger partial charge in [-0.3, -0.25) is 4.79 Å². The van der Waals surface area contributed by atoms with Crippen molar-refractivity contribution in [2.75, 3.05) is 19.6 Å². The molecule has 0 aromatic heterocycles. The first-order valence-electron chi connectivity index (χ1n) is 9.98. The molecule has 2 atom stereocenters. The number of nitrogens with zero attached hydrogens (tertiary/aromatic N) is 1. The van der Waals surface area contributed by atoms with Crippen molar-refractivity contribution in [1.82, 2.24) is 10.2 Å². The molecule has 1 saturated heterocycles. The van der Waals surface area contributed by atoms with Gasteiger partial charge in [-0.1, -0.05) is 18.2 Å². The van der Waals surface area contributed by atoms with Crippen LogP contribution in [-0.4, -0.2) is 42.1 Å². The van der Waals surface area contributed by atoms with E-state index in [0.29, 0.717) is 30.8 Å². The lowest BCUT2D eigenvalue weighted by Gasteiger charge is -2.24. The Bertz CT molecular complexity index is 996. The zero-order valence-electron chi connectivity index (χ0n) is 17.2. The molecule has 2 aliphatic heterocycles. The second-order valence-electron chi connectivity index (χ2n) is 8.86. The van der Waals surface area contributed by atoms with Crippen LogP contribution in [-0.2, 0) is 4.74 Å². The Labute approximate surface area is 174 Å². The molecule has 2 amide bonds. The molecule has 7 heteroatoms. The number of ether oxygens (including phenoxy) is 1. The lowest BCUT2D eigenvalue weighted by atomic mass is 9.86. The number of hydrogen-bond acceptors (Lipinski definition) is 3. The van der Waals surface area contributed by atoms with E-state index < -0.39 is 17.2 Å². The van der Waals surface area contributed by atoms with Crippen molar-refractivity contribution in [2.45, 2.75) is 32.3 Å². The monoisotopic (exact) mass is 414 g/mol. The number of fused-ring (bicyclic) bond motifs is 3. The van der Waals surface area contributed by atoms with Crippen molar-refractivity contribution in [3.05, 3.63) is 59.2 Å². The smallest absolute Gasteiger partial charge is 0.410 e. The number of hydrogen-bond donors (Lipinski definition) is 1. The number of rotatable bonds is 1. The Hall–Kier alpha value is -2.96. The summed E-state index contributed by atoms with van der Waals surface area (Å²) in [6.07, 6.45) is -0.381. The molecule has 2 aromatic rings. The average Bonchev–Trinajstić information content (AvgIpc) is 3.04.